The van der Waals surface area contributed by atoms with Crippen LogP contribution < -0.4 is 5.32 Å². The molecule has 164 valence electrons. The highest BCUT2D eigenvalue weighted by Gasteiger charge is 2.24. The van der Waals surface area contributed by atoms with Gasteiger partial charge in [0.25, 0.3) is 12.3 Å². The lowest BCUT2D eigenvalue weighted by molar-refractivity contribution is -0.0190. The number of halogens is 3. The van der Waals surface area contributed by atoms with Crippen molar-refractivity contribution in [3.63, 3.8) is 0 Å². The Morgan fingerprint density at radius 2 is 2.16 bits per heavy atom. The highest BCUT2D eigenvalue weighted by molar-refractivity contribution is 6.33. The molecule has 1 aliphatic rings. The number of likely N-dealkylation sites (N-methyl/N-ethyl adjacent to an activating group) is 1. The number of hydrogen-bond donors (Lipinski definition) is 1. The number of carbonyl (C=O) groups excluding carboxylic acids is 1. The highest BCUT2D eigenvalue weighted by Crippen LogP contribution is 2.33. The van der Waals surface area contributed by atoms with Crippen molar-refractivity contribution in [1.82, 2.24) is 19.6 Å². The Balaban J connectivity index is 1.82. The van der Waals surface area contributed by atoms with Gasteiger partial charge in [-0.2, -0.15) is 0 Å². The van der Waals surface area contributed by atoms with E-state index in [4.69, 9.17) is 16.3 Å². The minimum atomic E-state index is -2.58. The van der Waals surface area contributed by atoms with Crippen LogP contribution in [0.5, 0.6) is 0 Å². The number of amides is 1. The molecule has 3 heterocycles. The summed E-state index contributed by atoms with van der Waals surface area (Å²) >= 11 is 6.52. The summed E-state index contributed by atoms with van der Waals surface area (Å²) in [4.78, 5) is 18.8. The van der Waals surface area contributed by atoms with Gasteiger partial charge in [0.05, 0.1) is 29.1 Å². The summed E-state index contributed by atoms with van der Waals surface area (Å²) < 4.78 is 34.2. The summed E-state index contributed by atoms with van der Waals surface area (Å²) in [6.07, 6.45) is -0.486. The fourth-order valence-corrected chi connectivity index (χ4v) is 4.13. The van der Waals surface area contributed by atoms with Gasteiger partial charge in [0.1, 0.15) is 5.65 Å². The molecule has 0 aliphatic carbocycles. The Labute approximate surface area is 183 Å². The van der Waals surface area contributed by atoms with Crippen molar-refractivity contribution in [3.8, 4) is 11.3 Å². The molecule has 0 saturated carbocycles. The van der Waals surface area contributed by atoms with Gasteiger partial charge in [0.2, 0.25) is 0 Å². The van der Waals surface area contributed by atoms with Crippen LogP contribution in [0.1, 0.15) is 28.0 Å². The Morgan fingerprint density at radius 1 is 1.35 bits per heavy atom. The van der Waals surface area contributed by atoms with Gasteiger partial charge in [-0.15, -0.1) is 0 Å². The average molecular weight is 449 g/mol. The van der Waals surface area contributed by atoms with Gasteiger partial charge in [0, 0.05) is 49.4 Å². The number of pyridine rings is 1. The van der Waals surface area contributed by atoms with Crippen LogP contribution in [-0.2, 0) is 11.2 Å². The van der Waals surface area contributed by atoms with E-state index in [1.54, 1.807) is 31.4 Å². The maximum Gasteiger partial charge on any atom is 0.264 e. The van der Waals surface area contributed by atoms with E-state index in [1.807, 2.05) is 11.4 Å². The maximum atomic E-state index is 13.2. The molecule has 1 unspecified atom stereocenters. The summed E-state index contributed by atoms with van der Waals surface area (Å²) in [6.45, 7) is 2.25. The number of fused-ring (bicyclic) bond motifs is 1. The largest absolute Gasteiger partial charge is 0.375 e. The monoisotopic (exact) mass is 448 g/mol. The van der Waals surface area contributed by atoms with Crippen molar-refractivity contribution in [2.45, 2.75) is 19.0 Å². The molecular formula is C22H23ClF2N4O2. The van der Waals surface area contributed by atoms with Gasteiger partial charge in [0.15, 0.2) is 0 Å². The van der Waals surface area contributed by atoms with E-state index in [0.717, 1.165) is 18.8 Å². The van der Waals surface area contributed by atoms with Gasteiger partial charge in [-0.25, -0.2) is 13.8 Å². The number of nitrogens with one attached hydrogen (secondary N) is 1. The van der Waals surface area contributed by atoms with Gasteiger partial charge in [-0.1, -0.05) is 17.7 Å². The summed E-state index contributed by atoms with van der Waals surface area (Å²) in [6, 6.07) is 7.78. The molecule has 1 N–H and O–H groups in total. The summed E-state index contributed by atoms with van der Waals surface area (Å²) in [7, 11) is 3.58. The third-order valence-electron chi connectivity index (χ3n) is 5.48. The summed E-state index contributed by atoms with van der Waals surface area (Å²) in [5.41, 5.74) is 2.81. The minimum absolute atomic E-state index is 0.0592. The smallest absolute Gasteiger partial charge is 0.264 e. The van der Waals surface area contributed by atoms with Crippen LogP contribution in [0, 0.1) is 0 Å². The SMILES string of the molecule is CNC(=O)c1ccc(-c2nc3cc(C(F)F)ccn3c2CC2CN(C)CCO2)c(Cl)c1. The predicted octanol–water partition coefficient (Wildman–Crippen LogP) is 3.83. The normalized spacial score (nSPS) is 17.4. The zero-order valence-corrected chi connectivity index (χ0v) is 18.0. The van der Waals surface area contributed by atoms with E-state index in [9.17, 15) is 13.6 Å². The van der Waals surface area contributed by atoms with Crippen LogP contribution in [0.4, 0.5) is 8.78 Å². The molecule has 1 saturated heterocycles. The van der Waals surface area contributed by atoms with E-state index in [1.165, 1.54) is 12.1 Å². The molecule has 1 aromatic carbocycles. The maximum absolute atomic E-state index is 13.2. The molecule has 6 nitrogen and oxygen atoms in total. The Morgan fingerprint density at radius 3 is 2.84 bits per heavy atom. The van der Waals surface area contributed by atoms with Gasteiger partial charge >= 0.3 is 0 Å². The van der Waals surface area contributed by atoms with Crippen molar-refractivity contribution in [1.29, 1.82) is 0 Å². The third-order valence-corrected chi connectivity index (χ3v) is 5.79. The average Bonchev–Trinajstić information content (AvgIpc) is 3.10. The van der Waals surface area contributed by atoms with Crippen LogP contribution in [0.15, 0.2) is 36.5 Å². The molecule has 9 heteroatoms. The zero-order chi connectivity index (χ0) is 22.1. The van der Waals surface area contributed by atoms with E-state index < -0.39 is 6.43 Å². The fraction of sp³-hybridized carbons (Fsp3) is 0.364. The first-order valence-electron chi connectivity index (χ1n) is 9.98. The second-order valence-corrected chi connectivity index (χ2v) is 8.04. The second-order valence-electron chi connectivity index (χ2n) is 7.63. The number of nitrogens with zero attached hydrogens (tertiary/aromatic N) is 3. The highest BCUT2D eigenvalue weighted by atomic mass is 35.5. The van der Waals surface area contributed by atoms with Crippen molar-refractivity contribution in [2.75, 3.05) is 33.8 Å². The number of rotatable bonds is 5. The lowest BCUT2D eigenvalue weighted by Crippen LogP contribution is -2.41. The minimum Gasteiger partial charge on any atom is -0.375 e. The predicted molar refractivity (Wildman–Crippen MR) is 115 cm³/mol. The van der Waals surface area contributed by atoms with E-state index >= 15 is 0 Å². The fourth-order valence-electron chi connectivity index (χ4n) is 3.86. The molecule has 4 rings (SSSR count). The Hall–Kier alpha value is -2.55. The van der Waals surface area contributed by atoms with E-state index in [2.05, 4.69) is 15.2 Å². The van der Waals surface area contributed by atoms with Crippen LogP contribution in [0.25, 0.3) is 16.9 Å². The van der Waals surface area contributed by atoms with Crippen molar-refractivity contribution >= 4 is 23.2 Å². The summed E-state index contributed by atoms with van der Waals surface area (Å²) in [5, 5.41) is 2.93. The molecule has 31 heavy (non-hydrogen) atoms. The van der Waals surface area contributed by atoms with Gasteiger partial charge in [-0.05, 0) is 31.3 Å². The summed E-state index contributed by atoms with van der Waals surface area (Å²) in [5.74, 6) is -0.246. The molecule has 1 fully saturated rings. The molecule has 1 atom stereocenters. The molecule has 1 aliphatic heterocycles. The zero-order valence-electron chi connectivity index (χ0n) is 17.2. The van der Waals surface area contributed by atoms with Crippen LogP contribution >= 0.6 is 11.6 Å². The first-order chi connectivity index (χ1) is 14.9. The van der Waals surface area contributed by atoms with Crippen LogP contribution in [0.3, 0.4) is 0 Å². The lowest BCUT2D eigenvalue weighted by atomic mass is 10.0. The van der Waals surface area contributed by atoms with E-state index in [0.29, 0.717) is 40.5 Å². The molecule has 1 amide bonds. The van der Waals surface area contributed by atoms with Crippen LogP contribution in [-0.4, -0.2) is 60.1 Å². The van der Waals surface area contributed by atoms with Gasteiger partial charge < -0.3 is 19.4 Å². The molecule has 2 aromatic heterocycles. The van der Waals surface area contributed by atoms with Crippen molar-refractivity contribution < 1.29 is 18.3 Å². The topological polar surface area (TPSA) is 58.9 Å². The number of hydrogen-bond acceptors (Lipinski definition) is 4. The lowest BCUT2D eigenvalue weighted by Gasteiger charge is -2.30. The standard InChI is InChI=1S/C22H23ClF2N4O2/c1-26-22(30)14-3-4-16(17(23)9-14)20-18(11-15-12-28(2)7-8-31-15)29-6-5-13(21(24)25)10-19(29)27-20/h3-6,9-10,15,21H,7-8,11-12H2,1-2H3,(H,26,30). The number of carbonyl (C=O) groups is 1. The van der Waals surface area contributed by atoms with Crippen molar-refractivity contribution in [2.24, 2.45) is 0 Å². The first kappa shape index (κ1) is 21.7. The molecule has 0 spiro atoms. The molecule has 0 bridgehead atoms. The number of imidazole rings is 1. The Bertz CT molecular complexity index is 1120. The molecular weight excluding hydrogens is 426 g/mol. The Kier molecular flexibility index (Phi) is 6.22. The number of alkyl halides is 2. The van der Waals surface area contributed by atoms with Crippen LogP contribution in [0.2, 0.25) is 5.02 Å². The molecule has 3 aromatic rings. The number of aromatic nitrogens is 2. The van der Waals surface area contributed by atoms with Crippen molar-refractivity contribution in [3.05, 3.63) is 58.4 Å². The third kappa shape index (κ3) is 4.42. The van der Waals surface area contributed by atoms with Gasteiger partial charge in [-0.3, -0.25) is 4.79 Å². The van der Waals surface area contributed by atoms with E-state index in [-0.39, 0.29) is 17.6 Å². The first-order valence-corrected chi connectivity index (χ1v) is 10.4. The molecule has 0 radical (unpaired) electrons. The number of benzene rings is 1. The second kappa shape index (κ2) is 8.90. The quantitative estimate of drug-likeness (QED) is 0.644. The number of ether oxygens (including phenoxy) is 1. The number of morpholine rings is 1.